The molecule has 0 saturated heterocycles. The van der Waals surface area contributed by atoms with Crippen molar-refractivity contribution in [1.82, 2.24) is 14.9 Å². The summed E-state index contributed by atoms with van der Waals surface area (Å²) in [6.45, 7) is 4.22. The summed E-state index contributed by atoms with van der Waals surface area (Å²) in [6, 6.07) is 19.8. The smallest absolute Gasteiger partial charge is 0.251 e. The van der Waals surface area contributed by atoms with E-state index in [0.717, 1.165) is 61.3 Å². The number of fused-ring (bicyclic) bond motifs is 1. The lowest BCUT2D eigenvalue weighted by molar-refractivity contribution is 0.0952. The molecule has 0 fully saturated rings. The Kier molecular flexibility index (Phi) is 10.3. The van der Waals surface area contributed by atoms with Gasteiger partial charge in [0.1, 0.15) is 11.6 Å². The van der Waals surface area contributed by atoms with Crippen molar-refractivity contribution in [3.63, 3.8) is 0 Å². The first-order chi connectivity index (χ1) is 19.6. The SMILES string of the molecule is CCc1ccc(OCCCCn2c(CCCNC(=O)c3cc(OC)c(OC)c(OC)c3)nc3ccccc32)cc1. The van der Waals surface area contributed by atoms with Crippen LogP contribution >= 0.6 is 0 Å². The van der Waals surface area contributed by atoms with Gasteiger partial charge in [0.15, 0.2) is 11.5 Å². The van der Waals surface area contributed by atoms with Crippen molar-refractivity contribution in [1.29, 1.82) is 0 Å². The number of methoxy groups -OCH3 is 3. The highest BCUT2D eigenvalue weighted by molar-refractivity contribution is 5.95. The van der Waals surface area contributed by atoms with Gasteiger partial charge in [-0.3, -0.25) is 4.79 Å². The van der Waals surface area contributed by atoms with Crippen molar-refractivity contribution in [2.75, 3.05) is 34.5 Å². The van der Waals surface area contributed by atoms with Crippen LogP contribution in [0.5, 0.6) is 23.0 Å². The van der Waals surface area contributed by atoms with Crippen LogP contribution in [0.25, 0.3) is 11.0 Å². The fourth-order valence-electron chi connectivity index (χ4n) is 4.71. The van der Waals surface area contributed by atoms with E-state index in [2.05, 4.69) is 35.0 Å². The second-order valence-corrected chi connectivity index (χ2v) is 9.49. The molecule has 4 rings (SSSR count). The Bertz CT molecular complexity index is 1370. The van der Waals surface area contributed by atoms with Gasteiger partial charge in [0, 0.05) is 25.1 Å². The molecule has 8 nitrogen and oxygen atoms in total. The zero-order valence-electron chi connectivity index (χ0n) is 23.9. The number of nitrogens with one attached hydrogen (secondary N) is 1. The Morgan fingerprint density at radius 2 is 1.62 bits per heavy atom. The van der Waals surface area contributed by atoms with Gasteiger partial charge in [0.2, 0.25) is 5.75 Å². The molecule has 0 spiro atoms. The van der Waals surface area contributed by atoms with Crippen LogP contribution in [0.2, 0.25) is 0 Å². The summed E-state index contributed by atoms with van der Waals surface area (Å²) in [5, 5.41) is 3.00. The van der Waals surface area contributed by atoms with Crippen molar-refractivity contribution in [2.24, 2.45) is 0 Å². The highest BCUT2D eigenvalue weighted by atomic mass is 16.5. The quantitative estimate of drug-likeness (QED) is 0.189. The molecule has 8 heteroatoms. The van der Waals surface area contributed by atoms with E-state index in [9.17, 15) is 4.79 Å². The molecule has 1 amide bonds. The fourth-order valence-corrected chi connectivity index (χ4v) is 4.71. The third kappa shape index (κ3) is 7.05. The summed E-state index contributed by atoms with van der Waals surface area (Å²) in [6.07, 6.45) is 4.48. The van der Waals surface area contributed by atoms with Gasteiger partial charge in [-0.15, -0.1) is 0 Å². The van der Waals surface area contributed by atoms with E-state index in [1.807, 2.05) is 30.3 Å². The lowest BCUT2D eigenvalue weighted by atomic mass is 10.1. The maximum Gasteiger partial charge on any atom is 0.251 e. The van der Waals surface area contributed by atoms with Crippen molar-refractivity contribution in [3.8, 4) is 23.0 Å². The van der Waals surface area contributed by atoms with E-state index in [0.29, 0.717) is 36.0 Å². The minimum atomic E-state index is -0.197. The van der Waals surface area contributed by atoms with Crippen LogP contribution in [-0.2, 0) is 19.4 Å². The van der Waals surface area contributed by atoms with Crippen LogP contribution < -0.4 is 24.3 Å². The third-order valence-electron chi connectivity index (χ3n) is 6.90. The monoisotopic (exact) mass is 545 g/mol. The molecule has 0 saturated carbocycles. The molecule has 1 heterocycles. The van der Waals surface area contributed by atoms with Crippen LogP contribution in [-0.4, -0.2) is 49.9 Å². The summed E-state index contributed by atoms with van der Waals surface area (Å²) in [4.78, 5) is 17.7. The highest BCUT2D eigenvalue weighted by Crippen LogP contribution is 2.38. The number of rotatable bonds is 15. The van der Waals surface area contributed by atoms with E-state index in [4.69, 9.17) is 23.9 Å². The zero-order chi connectivity index (χ0) is 28.3. The predicted molar refractivity (Wildman–Crippen MR) is 157 cm³/mol. The molecule has 40 heavy (non-hydrogen) atoms. The lowest BCUT2D eigenvalue weighted by Gasteiger charge is -2.14. The molecule has 0 unspecified atom stereocenters. The van der Waals surface area contributed by atoms with E-state index in [-0.39, 0.29) is 5.91 Å². The molecule has 1 N–H and O–H groups in total. The number of amides is 1. The van der Waals surface area contributed by atoms with E-state index < -0.39 is 0 Å². The number of carbonyl (C=O) groups is 1. The highest BCUT2D eigenvalue weighted by Gasteiger charge is 2.17. The average Bonchev–Trinajstić information content (AvgIpc) is 3.35. The number of para-hydroxylation sites is 2. The van der Waals surface area contributed by atoms with Gasteiger partial charge < -0.3 is 28.8 Å². The Balaban J connectivity index is 1.31. The Labute approximate surface area is 236 Å². The van der Waals surface area contributed by atoms with Crippen LogP contribution in [0.3, 0.4) is 0 Å². The first kappa shape index (κ1) is 28.8. The molecule has 0 atom stereocenters. The summed E-state index contributed by atoms with van der Waals surface area (Å²) in [5.41, 5.74) is 3.89. The Morgan fingerprint density at radius 1 is 0.900 bits per heavy atom. The normalized spacial score (nSPS) is 10.9. The van der Waals surface area contributed by atoms with Crippen molar-refractivity contribution in [3.05, 3.63) is 77.6 Å². The molecule has 4 aromatic rings. The predicted octanol–water partition coefficient (Wildman–Crippen LogP) is 5.85. The molecular weight excluding hydrogens is 506 g/mol. The van der Waals surface area contributed by atoms with Gasteiger partial charge in [-0.2, -0.15) is 0 Å². The number of unbranched alkanes of at least 4 members (excludes halogenated alkanes) is 1. The standard InChI is InChI=1S/C32H39N3O5/c1-5-23-14-16-25(17-15-23)40-20-9-8-19-35-27-12-7-6-11-26(27)34-30(35)13-10-18-33-32(36)24-21-28(37-2)31(39-4)29(22-24)38-3/h6-7,11-12,14-17,21-22H,5,8-10,13,18-20H2,1-4H3,(H,33,36). The number of nitrogens with zero attached hydrogens (tertiary/aromatic N) is 2. The number of ether oxygens (including phenoxy) is 4. The van der Waals surface area contributed by atoms with Gasteiger partial charge in [-0.1, -0.05) is 31.2 Å². The number of imidazole rings is 1. The molecule has 0 aliphatic rings. The van der Waals surface area contributed by atoms with Gasteiger partial charge in [0.05, 0.1) is 39.0 Å². The molecule has 0 aliphatic carbocycles. The van der Waals surface area contributed by atoms with Crippen LogP contribution in [0, 0.1) is 0 Å². The molecule has 0 aliphatic heterocycles. The molecule has 0 bridgehead atoms. The van der Waals surface area contributed by atoms with Crippen molar-refractivity contribution >= 4 is 16.9 Å². The molecule has 0 radical (unpaired) electrons. The van der Waals surface area contributed by atoms with Crippen molar-refractivity contribution in [2.45, 2.75) is 45.6 Å². The molecule has 3 aromatic carbocycles. The second kappa shape index (κ2) is 14.3. The first-order valence-electron chi connectivity index (χ1n) is 13.8. The van der Waals surface area contributed by atoms with Crippen LogP contribution in [0.4, 0.5) is 0 Å². The van der Waals surface area contributed by atoms with E-state index in [1.165, 1.54) is 26.9 Å². The summed E-state index contributed by atoms with van der Waals surface area (Å²) >= 11 is 0. The number of aromatic nitrogens is 2. The maximum absolute atomic E-state index is 12.8. The fraction of sp³-hybridized carbons (Fsp3) is 0.375. The minimum absolute atomic E-state index is 0.197. The average molecular weight is 546 g/mol. The summed E-state index contributed by atoms with van der Waals surface area (Å²) in [7, 11) is 4.60. The Hall–Kier alpha value is -4.20. The summed E-state index contributed by atoms with van der Waals surface area (Å²) < 4.78 is 24.3. The first-order valence-corrected chi connectivity index (χ1v) is 13.8. The van der Waals surface area contributed by atoms with Crippen LogP contribution in [0.1, 0.15) is 47.9 Å². The molecule has 212 valence electrons. The number of hydrogen-bond donors (Lipinski definition) is 1. The van der Waals surface area contributed by atoms with Crippen LogP contribution in [0.15, 0.2) is 60.7 Å². The Morgan fingerprint density at radius 3 is 2.30 bits per heavy atom. The van der Waals surface area contributed by atoms with Gasteiger partial charge in [-0.05, 0) is 67.6 Å². The minimum Gasteiger partial charge on any atom is -0.494 e. The number of carbonyl (C=O) groups excluding carboxylic acids is 1. The van der Waals surface area contributed by atoms with E-state index in [1.54, 1.807) is 12.1 Å². The zero-order valence-corrected chi connectivity index (χ0v) is 23.9. The number of aryl methyl sites for hydroxylation is 3. The number of hydrogen-bond acceptors (Lipinski definition) is 6. The maximum atomic E-state index is 12.8. The van der Waals surface area contributed by atoms with Gasteiger partial charge >= 0.3 is 0 Å². The van der Waals surface area contributed by atoms with Gasteiger partial charge in [-0.25, -0.2) is 4.98 Å². The molecular formula is C32H39N3O5. The van der Waals surface area contributed by atoms with Crippen molar-refractivity contribution < 1.29 is 23.7 Å². The largest absolute Gasteiger partial charge is 0.494 e. The molecule has 1 aromatic heterocycles. The third-order valence-corrected chi connectivity index (χ3v) is 6.90. The second-order valence-electron chi connectivity index (χ2n) is 9.49. The van der Waals surface area contributed by atoms with Gasteiger partial charge in [0.25, 0.3) is 5.91 Å². The lowest BCUT2D eigenvalue weighted by Crippen LogP contribution is -2.25. The number of benzene rings is 3. The topological polar surface area (TPSA) is 83.8 Å². The summed E-state index contributed by atoms with van der Waals surface area (Å²) in [5.74, 6) is 3.09. The van der Waals surface area contributed by atoms with E-state index >= 15 is 0 Å².